The maximum atomic E-state index is 9.68. The summed E-state index contributed by atoms with van der Waals surface area (Å²) in [7, 11) is 3.08. The van der Waals surface area contributed by atoms with Crippen molar-refractivity contribution in [2.24, 2.45) is 0 Å². The number of benzene rings is 2. The standard InChI is InChI=1S/C20H16ClN3O2/c1-25-17-8-13(16(21)9-18(17)26-2)19-14(10-22)20(23)24-11-15(19)12-6-4-3-5-7-12/h3-9,11H,1-2H3,(H2,23,24). The van der Waals surface area contributed by atoms with Gasteiger partial charge in [0.2, 0.25) is 0 Å². The molecule has 0 aliphatic heterocycles. The van der Waals surface area contributed by atoms with Crippen molar-refractivity contribution in [3.05, 3.63) is 59.2 Å². The van der Waals surface area contributed by atoms with Crippen molar-refractivity contribution in [2.45, 2.75) is 0 Å². The Hall–Kier alpha value is -3.23. The van der Waals surface area contributed by atoms with Crippen molar-refractivity contribution >= 4 is 17.4 Å². The molecule has 0 fully saturated rings. The molecule has 3 rings (SSSR count). The van der Waals surface area contributed by atoms with Gasteiger partial charge >= 0.3 is 0 Å². The summed E-state index contributed by atoms with van der Waals surface area (Å²) in [5.74, 6) is 1.15. The highest BCUT2D eigenvalue weighted by atomic mass is 35.5. The number of pyridine rings is 1. The van der Waals surface area contributed by atoms with E-state index in [1.165, 1.54) is 7.11 Å². The molecule has 3 aromatic rings. The lowest BCUT2D eigenvalue weighted by atomic mass is 9.92. The number of hydrogen-bond acceptors (Lipinski definition) is 5. The Morgan fingerprint density at radius 1 is 1.04 bits per heavy atom. The fourth-order valence-corrected chi connectivity index (χ4v) is 3.05. The minimum Gasteiger partial charge on any atom is -0.493 e. The molecule has 26 heavy (non-hydrogen) atoms. The molecular formula is C20H16ClN3O2. The van der Waals surface area contributed by atoms with E-state index in [0.29, 0.717) is 27.6 Å². The zero-order valence-electron chi connectivity index (χ0n) is 14.3. The Bertz CT molecular complexity index is 998. The summed E-state index contributed by atoms with van der Waals surface area (Å²) < 4.78 is 10.7. The van der Waals surface area contributed by atoms with Gasteiger partial charge in [-0.3, -0.25) is 0 Å². The Balaban J connectivity index is 2.38. The molecule has 0 atom stereocenters. The van der Waals surface area contributed by atoms with Gasteiger partial charge in [0.15, 0.2) is 11.5 Å². The van der Waals surface area contributed by atoms with Crippen LogP contribution in [0.15, 0.2) is 48.7 Å². The van der Waals surface area contributed by atoms with E-state index in [9.17, 15) is 5.26 Å². The van der Waals surface area contributed by atoms with Gasteiger partial charge in [-0.2, -0.15) is 5.26 Å². The van der Waals surface area contributed by atoms with Crippen LogP contribution in [0, 0.1) is 11.3 Å². The number of methoxy groups -OCH3 is 2. The van der Waals surface area contributed by atoms with Crippen molar-refractivity contribution in [2.75, 3.05) is 20.0 Å². The van der Waals surface area contributed by atoms with Crippen LogP contribution in [0.3, 0.4) is 0 Å². The van der Waals surface area contributed by atoms with Gasteiger partial charge in [0.1, 0.15) is 17.5 Å². The summed E-state index contributed by atoms with van der Waals surface area (Å²) >= 11 is 6.51. The lowest BCUT2D eigenvalue weighted by Crippen LogP contribution is -2.01. The SMILES string of the molecule is COc1cc(Cl)c(-c2c(-c3ccccc3)cnc(N)c2C#N)cc1OC. The van der Waals surface area contributed by atoms with Crippen LogP contribution in [0.5, 0.6) is 11.5 Å². The Morgan fingerprint density at radius 3 is 2.31 bits per heavy atom. The van der Waals surface area contributed by atoms with Crippen LogP contribution in [0.2, 0.25) is 5.02 Å². The van der Waals surface area contributed by atoms with E-state index >= 15 is 0 Å². The summed E-state index contributed by atoms with van der Waals surface area (Å²) in [5.41, 5.74) is 9.11. The van der Waals surface area contributed by atoms with E-state index in [0.717, 1.165) is 11.1 Å². The van der Waals surface area contributed by atoms with Crippen LogP contribution in [0.1, 0.15) is 5.56 Å². The number of hydrogen-bond donors (Lipinski definition) is 1. The van der Waals surface area contributed by atoms with Crippen LogP contribution < -0.4 is 15.2 Å². The monoisotopic (exact) mass is 365 g/mol. The van der Waals surface area contributed by atoms with Gasteiger partial charge in [-0.25, -0.2) is 4.98 Å². The quantitative estimate of drug-likeness (QED) is 0.734. The number of halogens is 1. The first-order chi connectivity index (χ1) is 12.6. The summed E-state index contributed by atoms with van der Waals surface area (Å²) in [6.07, 6.45) is 1.65. The number of rotatable bonds is 4. The summed E-state index contributed by atoms with van der Waals surface area (Å²) in [4.78, 5) is 4.17. The molecule has 0 radical (unpaired) electrons. The van der Waals surface area contributed by atoms with Gasteiger partial charge in [0.25, 0.3) is 0 Å². The lowest BCUT2D eigenvalue weighted by Gasteiger charge is -2.16. The smallest absolute Gasteiger partial charge is 0.162 e. The summed E-state index contributed by atoms with van der Waals surface area (Å²) in [6.45, 7) is 0. The van der Waals surface area contributed by atoms with E-state index in [2.05, 4.69) is 11.1 Å². The van der Waals surface area contributed by atoms with Crippen molar-refractivity contribution in [3.8, 4) is 39.8 Å². The third-order valence-corrected chi connectivity index (χ3v) is 4.36. The molecule has 1 aromatic heterocycles. The predicted molar refractivity (Wildman–Crippen MR) is 102 cm³/mol. The first-order valence-electron chi connectivity index (χ1n) is 7.76. The lowest BCUT2D eigenvalue weighted by molar-refractivity contribution is 0.355. The number of nitrogens with zero attached hydrogens (tertiary/aromatic N) is 2. The van der Waals surface area contributed by atoms with Gasteiger partial charge in [0, 0.05) is 29.0 Å². The Morgan fingerprint density at radius 2 is 1.69 bits per heavy atom. The zero-order valence-corrected chi connectivity index (χ0v) is 15.0. The van der Waals surface area contributed by atoms with E-state index in [1.807, 2.05) is 30.3 Å². The Kier molecular flexibility index (Phi) is 4.97. The number of anilines is 1. The molecule has 0 saturated carbocycles. The molecule has 0 amide bonds. The number of ether oxygens (including phenoxy) is 2. The number of nitrogens with two attached hydrogens (primary N) is 1. The molecule has 130 valence electrons. The average molecular weight is 366 g/mol. The van der Waals surface area contributed by atoms with Crippen LogP contribution in [-0.2, 0) is 0 Å². The normalized spacial score (nSPS) is 10.2. The third-order valence-electron chi connectivity index (χ3n) is 4.05. The van der Waals surface area contributed by atoms with E-state index in [1.54, 1.807) is 25.4 Å². The topological polar surface area (TPSA) is 81.2 Å². The summed E-state index contributed by atoms with van der Waals surface area (Å²) in [6, 6.07) is 15.2. The van der Waals surface area contributed by atoms with Crippen molar-refractivity contribution in [3.63, 3.8) is 0 Å². The summed E-state index contributed by atoms with van der Waals surface area (Å²) in [5, 5.41) is 10.1. The maximum absolute atomic E-state index is 9.68. The molecular weight excluding hydrogens is 350 g/mol. The van der Waals surface area contributed by atoms with Gasteiger partial charge in [-0.05, 0) is 11.6 Å². The number of nitrogen functional groups attached to an aromatic ring is 1. The highest BCUT2D eigenvalue weighted by Gasteiger charge is 2.21. The molecule has 0 unspecified atom stereocenters. The largest absolute Gasteiger partial charge is 0.493 e. The van der Waals surface area contributed by atoms with Crippen LogP contribution in [-0.4, -0.2) is 19.2 Å². The van der Waals surface area contributed by atoms with Crippen molar-refractivity contribution in [1.29, 1.82) is 5.26 Å². The molecule has 2 N–H and O–H groups in total. The van der Waals surface area contributed by atoms with Gasteiger partial charge in [0.05, 0.1) is 19.2 Å². The molecule has 0 saturated heterocycles. The average Bonchev–Trinajstić information content (AvgIpc) is 2.68. The molecule has 0 aliphatic rings. The van der Waals surface area contributed by atoms with E-state index in [-0.39, 0.29) is 11.4 Å². The first kappa shape index (κ1) is 17.6. The van der Waals surface area contributed by atoms with Crippen molar-refractivity contribution in [1.82, 2.24) is 4.98 Å². The Labute approximate surface area is 156 Å². The number of aromatic nitrogens is 1. The molecule has 5 nitrogen and oxygen atoms in total. The van der Waals surface area contributed by atoms with Crippen LogP contribution >= 0.6 is 11.6 Å². The van der Waals surface area contributed by atoms with Gasteiger partial charge in [-0.1, -0.05) is 41.9 Å². The highest BCUT2D eigenvalue weighted by molar-refractivity contribution is 6.34. The minimum atomic E-state index is 0.146. The van der Waals surface area contributed by atoms with Gasteiger partial charge in [-0.15, -0.1) is 0 Å². The second kappa shape index (κ2) is 7.34. The fraction of sp³-hybridized carbons (Fsp3) is 0.100. The highest BCUT2D eigenvalue weighted by Crippen LogP contribution is 2.43. The molecule has 0 aliphatic carbocycles. The van der Waals surface area contributed by atoms with E-state index < -0.39 is 0 Å². The fourth-order valence-electron chi connectivity index (χ4n) is 2.80. The molecule has 6 heteroatoms. The number of nitriles is 1. The van der Waals surface area contributed by atoms with Crippen LogP contribution in [0.25, 0.3) is 22.3 Å². The first-order valence-corrected chi connectivity index (χ1v) is 8.14. The second-order valence-corrected chi connectivity index (χ2v) is 5.88. The van der Waals surface area contributed by atoms with Gasteiger partial charge < -0.3 is 15.2 Å². The maximum Gasteiger partial charge on any atom is 0.162 e. The molecule has 2 aromatic carbocycles. The minimum absolute atomic E-state index is 0.146. The van der Waals surface area contributed by atoms with Crippen molar-refractivity contribution < 1.29 is 9.47 Å². The van der Waals surface area contributed by atoms with E-state index in [4.69, 9.17) is 26.8 Å². The zero-order chi connectivity index (χ0) is 18.7. The predicted octanol–water partition coefficient (Wildman–Crippen LogP) is 4.54. The molecule has 0 bridgehead atoms. The molecule has 0 spiro atoms. The van der Waals surface area contributed by atoms with Crippen LogP contribution in [0.4, 0.5) is 5.82 Å². The molecule has 1 heterocycles. The second-order valence-electron chi connectivity index (χ2n) is 5.47. The third kappa shape index (κ3) is 3.03.